The van der Waals surface area contributed by atoms with Crippen molar-refractivity contribution < 1.29 is 80.2 Å². The maximum atomic E-state index is 13.1. The highest BCUT2D eigenvalue weighted by Crippen LogP contribution is 2.45. The molecule has 0 fully saturated rings. The topological polar surface area (TPSA) is 237 Å². The number of esters is 4. The summed E-state index contributed by atoms with van der Waals surface area (Å²) in [5.74, 6) is 0.970. The third kappa shape index (κ3) is 64.7. The van der Waals surface area contributed by atoms with Gasteiger partial charge in [-0.15, -0.1) is 0 Å². The molecule has 0 bridgehead atoms. The van der Waals surface area contributed by atoms with Gasteiger partial charge in [0.05, 0.1) is 26.4 Å². The zero-order valence-corrected chi connectivity index (χ0v) is 63.4. The molecule has 8 atom stereocenters. The summed E-state index contributed by atoms with van der Waals surface area (Å²) in [6, 6.07) is 0. The van der Waals surface area contributed by atoms with Gasteiger partial charge < -0.3 is 33.8 Å². The molecule has 0 aromatic rings. The maximum Gasteiger partial charge on any atom is 0.472 e. The molecule has 0 aliphatic rings. The second-order valence-electron chi connectivity index (χ2n) is 28.2. The van der Waals surface area contributed by atoms with Crippen LogP contribution in [0.3, 0.4) is 0 Å². The van der Waals surface area contributed by atoms with Gasteiger partial charge in [0.1, 0.15) is 19.3 Å². The summed E-state index contributed by atoms with van der Waals surface area (Å²) in [4.78, 5) is 72.7. The van der Waals surface area contributed by atoms with Crippen molar-refractivity contribution in [2.75, 3.05) is 39.6 Å². The van der Waals surface area contributed by atoms with Crippen LogP contribution in [0.5, 0.6) is 0 Å². The normalized spacial score (nSPS) is 15.0. The third-order valence-corrected chi connectivity index (χ3v) is 20.3. The second-order valence-corrected chi connectivity index (χ2v) is 31.1. The first-order valence-electron chi connectivity index (χ1n) is 38.8. The highest BCUT2D eigenvalue weighted by atomic mass is 31.2. The van der Waals surface area contributed by atoms with E-state index < -0.39 is 97.5 Å². The van der Waals surface area contributed by atoms with Crippen molar-refractivity contribution in [3.8, 4) is 0 Å². The molecule has 0 radical (unpaired) electrons. The average Bonchev–Trinajstić information content (AvgIpc) is 1.56. The SMILES string of the molecule is CCC(C)CCCCCCCCCCCCCCCCC(=O)O[C@H](COC(=O)CCCCCCCCC(C)CC)COP(=O)(O)OC[C@@H](O)COP(=O)(O)OC[C@@H](COC(=O)CCCCCCCCC(C)CC)OC(=O)CCCCCCCCCCCCCCCC(C)C. The summed E-state index contributed by atoms with van der Waals surface area (Å²) in [5.41, 5.74) is 0. The molecule has 19 heteroatoms. The van der Waals surface area contributed by atoms with Crippen molar-refractivity contribution in [3.05, 3.63) is 0 Å². The number of carbonyl (C=O) groups excluding carboxylic acids is 4. The van der Waals surface area contributed by atoms with Crippen LogP contribution in [0.25, 0.3) is 0 Å². The van der Waals surface area contributed by atoms with Crippen LogP contribution < -0.4 is 0 Å². The summed E-state index contributed by atoms with van der Waals surface area (Å²) >= 11 is 0. The summed E-state index contributed by atoms with van der Waals surface area (Å²) in [6.45, 7) is 14.2. The molecule has 0 aromatic heterocycles. The predicted molar refractivity (Wildman–Crippen MR) is 381 cm³/mol. The van der Waals surface area contributed by atoms with Crippen molar-refractivity contribution in [1.82, 2.24) is 0 Å². The molecule has 0 saturated heterocycles. The number of aliphatic hydroxyl groups is 1. The largest absolute Gasteiger partial charge is 0.472 e. The van der Waals surface area contributed by atoms with Gasteiger partial charge in [0.15, 0.2) is 12.2 Å². The van der Waals surface area contributed by atoms with E-state index in [1.54, 1.807) is 0 Å². The lowest BCUT2D eigenvalue weighted by atomic mass is 9.99. The fraction of sp³-hybridized carbons (Fsp3) is 0.947. The van der Waals surface area contributed by atoms with Crippen LogP contribution in [-0.4, -0.2) is 96.7 Å². The van der Waals surface area contributed by atoms with Gasteiger partial charge in [-0.05, 0) is 49.4 Å². The molecule has 0 spiro atoms. The summed E-state index contributed by atoms with van der Waals surface area (Å²) in [5, 5.41) is 10.6. The van der Waals surface area contributed by atoms with E-state index in [2.05, 4.69) is 55.4 Å². The van der Waals surface area contributed by atoms with Gasteiger partial charge in [-0.2, -0.15) is 0 Å². The molecule has 0 heterocycles. The summed E-state index contributed by atoms with van der Waals surface area (Å²) < 4.78 is 68.5. The number of ether oxygens (including phenoxy) is 4. The number of rotatable bonds is 72. The maximum absolute atomic E-state index is 13.1. The molecule has 0 aliphatic heterocycles. The van der Waals surface area contributed by atoms with Crippen LogP contribution >= 0.6 is 15.6 Å². The van der Waals surface area contributed by atoms with E-state index in [9.17, 15) is 43.2 Å². The minimum atomic E-state index is -4.96. The molecule has 0 saturated carbocycles. The predicted octanol–water partition coefficient (Wildman–Crippen LogP) is 21.7. The molecule has 3 N–H and O–H groups in total. The molecule has 17 nitrogen and oxygen atoms in total. The molecule has 0 rings (SSSR count). The van der Waals surface area contributed by atoms with E-state index in [4.69, 9.17) is 37.0 Å². The Bertz CT molecular complexity index is 1860. The Morgan fingerprint density at radius 1 is 0.298 bits per heavy atom. The quantitative estimate of drug-likeness (QED) is 0.0222. The molecule has 558 valence electrons. The lowest BCUT2D eigenvalue weighted by Crippen LogP contribution is -2.30. The zero-order chi connectivity index (χ0) is 69.6. The number of hydrogen-bond acceptors (Lipinski definition) is 15. The molecule has 0 aromatic carbocycles. The Morgan fingerprint density at radius 2 is 0.511 bits per heavy atom. The lowest BCUT2D eigenvalue weighted by molar-refractivity contribution is -0.161. The summed E-state index contributed by atoms with van der Waals surface area (Å²) in [7, 11) is -9.91. The Kier molecular flexibility index (Phi) is 63.1. The second kappa shape index (κ2) is 64.4. The minimum absolute atomic E-state index is 0.106. The fourth-order valence-corrected chi connectivity index (χ4v) is 12.9. The number of unbranched alkanes of at least 4 members (excludes halogenated alkanes) is 35. The first-order valence-corrected chi connectivity index (χ1v) is 41.8. The third-order valence-electron chi connectivity index (χ3n) is 18.4. The fourth-order valence-electron chi connectivity index (χ4n) is 11.3. The van der Waals surface area contributed by atoms with Crippen molar-refractivity contribution >= 4 is 39.5 Å². The first kappa shape index (κ1) is 92.1. The smallest absolute Gasteiger partial charge is 0.462 e. The highest BCUT2D eigenvalue weighted by Gasteiger charge is 2.30. The van der Waals surface area contributed by atoms with Crippen molar-refractivity contribution in [1.29, 1.82) is 0 Å². The Labute approximate surface area is 575 Å². The molecule has 0 amide bonds. The van der Waals surface area contributed by atoms with Crippen molar-refractivity contribution in [3.63, 3.8) is 0 Å². The van der Waals surface area contributed by atoms with Gasteiger partial charge in [0.25, 0.3) is 0 Å². The molecule has 94 heavy (non-hydrogen) atoms. The van der Waals surface area contributed by atoms with E-state index >= 15 is 0 Å². The van der Waals surface area contributed by atoms with Crippen molar-refractivity contribution in [2.24, 2.45) is 23.7 Å². The zero-order valence-electron chi connectivity index (χ0n) is 61.6. The van der Waals surface area contributed by atoms with Crippen LogP contribution in [0.4, 0.5) is 0 Å². The monoisotopic (exact) mass is 1380 g/mol. The molecule has 5 unspecified atom stereocenters. The van der Waals surface area contributed by atoms with Gasteiger partial charge in [-0.25, -0.2) is 9.13 Å². The number of aliphatic hydroxyl groups excluding tert-OH is 1. The van der Waals surface area contributed by atoms with Crippen LogP contribution in [0.2, 0.25) is 0 Å². The van der Waals surface area contributed by atoms with Crippen LogP contribution in [-0.2, 0) is 65.4 Å². The van der Waals surface area contributed by atoms with E-state index in [0.29, 0.717) is 25.7 Å². The van der Waals surface area contributed by atoms with Gasteiger partial charge in [-0.3, -0.25) is 37.3 Å². The Hall–Kier alpha value is -1.94. The number of phosphoric acid groups is 2. The van der Waals surface area contributed by atoms with Crippen LogP contribution in [0.15, 0.2) is 0 Å². The number of hydrogen-bond donors (Lipinski definition) is 3. The van der Waals surface area contributed by atoms with E-state index in [1.165, 1.54) is 167 Å². The van der Waals surface area contributed by atoms with E-state index in [0.717, 1.165) is 126 Å². The molecular formula is C75H146O17P2. The lowest BCUT2D eigenvalue weighted by Gasteiger charge is -2.21. The van der Waals surface area contributed by atoms with Crippen LogP contribution in [0, 0.1) is 23.7 Å². The Balaban J connectivity index is 5.23. The van der Waals surface area contributed by atoms with Gasteiger partial charge in [-0.1, -0.05) is 325 Å². The standard InChI is InChI=1S/C75H146O17P2/c1-9-66(6)52-44-36-28-24-20-16-12-13-17-21-25-29-41-49-57-74(79)91-70(61-85-72(77)55-47-39-33-31-37-45-53-67(7)10-2)63-89-93(81,82)87-59-69(76)60-88-94(83,84)90-64-71(62-86-73(78)56-48-40-34-32-38-46-54-68(8)11-3)92-75(80)58-50-42-30-26-22-18-14-15-19-23-27-35-43-51-65(4)5/h65-71,76H,9-64H2,1-8H3,(H,81,82)(H,83,84)/t66?,67?,68?,69-,70-,71-/m1/s1. The van der Waals surface area contributed by atoms with Crippen molar-refractivity contribution in [2.45, 2.75) is 395 Å². The minimum Gasteiger partial charge on any atom is -0.462 e. The van der Waals surface area contributed by atoms with Gasteiger partial charge >= 0.3 is 39.5 Å². The van der Waals surface area contributed by atoms with Crippen LogP contribution in [0.1, 0.15) is 376 Å². The average molecular weight is 1380 g/mol. The Morgan fingerprint density at radius 3 is 0.755 bits per heavy atom. The highest BCUT2D eigenvalue weighted by molar-refractivity contribution is 7.47. The molecular weight excluding hydrogens is 1230 g/mol. The number of carbonyl (C=O) groups is 4. The van der Waals surface area contributed by atoms with Gasteiger partial charge in [0, 0.05) is 25.7 Å². The van der Waals surface area contributed by atoms with Gasteiger partial charge in [0.2, 0.25) is 0 Å². The molecule has 0 aliphatic carbocycles. The first-order chi connectivity index (χ1) is 45.2. The summed E-state index contributed by atoms with van der Waals surface area (Å²) in [6.07, 6.45) is 48.6. The van der Waals surface area contributed by atoms with E-state index in [1.807, 2.05) is 0 Å². The van der Waals surface area contributed by atoms with E-state index in [-0.39, 0.29) is 25.7 Å². The number of phosphoric ester groups is 2.